The molecule has 0 atom stereocenters. The number of aliphatic imine (C=N–C) groups is 1. The average molecular weight is 346 g/mol. The van der Waals surface area contributed by atoms with E-state index in [1.54, 1.807) is 12.3 Å². The molecule has 2 heterocycles. The van der Waals surface area contributed by atoms with Gasteiger partial charge in [0.25, 0.3) is 5.91 Å². The van der Waals surface area contributed by atoms with E-state index in [9.17, 15) is 4.79 Å². The second-order valence-corrected chi connectivity index (χ2v) is 6.63. The first kappa shape index (κ1) is 15.5. The molecule has 6 heteroatoms. The molecule has 1 aromatic heterocycles. The van der Waals surface area contributed by atoms with Gasteiger partial charge >= 0.3 is 0 Å². The summed E-state index contributed by atoms with van der Waals surface area (Å²) in [6.45, 7) is 2.01. The highest BCUT2D eigenvalue weighted by Gasteiger charge is 2.24. The smallest absolute Gasteiger partial charge is 0.264 e. The third-order valence-corrected chi connectivity index (χ3v) is 4.54. The van der Waals surface area contributed by atoms with Gasteiger partial charge in [0.1, 0.15) is 0 Å². The van der Waals surface area contributed by atoms with Crippen LogP contribution < -0.4 is 5.32 Å². The van der Waals surface area contributed by atoms with Gasteiger partial charge in [0.2, 0.25) is 0 Å². The predicted molar refractivity (Wildman–Crippen MR) is 102 cm³/mol. The monoisotopic (exact) mass is 346 g/mol. The Kier molecular flexibility index (Phi) is 4.03. The van der Waals surface area contributed by atoms with Crippen LogP contribution in [0.2, 0.25) is 0 Å². The van der Waals surface area contributed by atoms with Gasteiger partial charge in [-0.1, -0.05) is 24.3 Å². The number of nitrogens with zero attached hydrogens (tertiary/aromatic N) is 3. The highest BCUT2D eigenvalue weighted by atomic mass is 32.2. The highest BCUT2D eigenvalue weighted by Crippen LogP contribution is 2.28. The first-order valence-corrected chi connectivity index (χ1v) is 8.57. The van der Waals surface area contributed by atoms with Gasteiger partial charge in [0.15, 0.2) is 5.17 Å². The number of aromatic nitrogens is 2. The van der Waals surface area contributed by atoms with E-state index in [0.717, 1.165) is 22.3 Å². The van der Waals surface area contributed by atoms with Gasteiger partial charge in [0.05, 0.1) is 33.5 Å². The number of aryl methyl sites for hydroxylation is 1. The summed E-state index contributed by atoms with van der Waals surface area (Å²) in [5.41, 5.74) is 4.21. The largest absolute Gasteiger partial charge is 0.300 e. The van der Waals surface area contributed by atoms with Crippen molar-refractivity contribution in [2.45, 2.75) is 6.92 Å². The molecule has 0 aliphatic carbocycles. The van der Waals surface area contributed by atoms with E-state index >= 15 is 0 Å². The van der Waals surface area contributed by atoms with Crippen LogP contribution in [0.3, 0.4) is 0 Å². The Morgan fingerprint density at radius 3 is 2.80 bits per heavy atom. The number of amides is 1. The normalized spacial score (nSPS) is 17.4. The molecule has 1 aliphatic rings. The summed E-state index contributed by atoms with van der Waals surface area (Å²) in [7, 11) is 0. The van der Waals surface area contributed by atoms with Gasteiger partial charge in [-0.05, 0) is 54.6 Å². The van der Waals surface area contributed by atoms with Crippen LogP contribution in [0, 0.1) is 6.92 Å². The molecule has 4 rings (SSSR count). The molecule has 25 heavy (non-hydrogen) atoms. The van der Waals surface area contributed by atoms with Gasteiger partial charge in [-0.25, -0.2) is 9.98 Å². The van der Waals surface area contributed by atoms with E-state index in [4.69, 9.17) is 0 Å². The molecular weight excluding hydrogens is 332 g/mol. The predicted octanol–water partition coefficient (Wildman–Crippen LogP) is 3.83. The summed E-state index contributed by atoms with van der Waals surface area (Å²) >= 11 is 1.30. The quantitative estimate of drug-likeness (QED) is 0.716. The molecule has 1 N–H and O–H groups in total. The first-order valence-electron chi connectivity index (χ1n) is 7.75. The maximum Gasteiger partial charge on any atom is 0.264 e. The van der Waals surface area contributed by atoms with Crippen molar-refractivity contribution in [2.75, 3.05) is 0 Å². The number of benzene rings is 2. The number of amidine groups is 1. The van der Waals surface area contributed by atoms with Crippen molar-refractivity contribution < 1.29 is 4.79 Å². The summed E-state index contributed by atoms with van der Waals surface area (Å²) in [6, 6.07) is 15.5. The number of carbonyl (C=O) groups excluding carboxylic acids is 1. The molecule has 0 unspecified atom stereocenters. The summed E-state index contributed by atoms with van der Waals surface area (Å²) < 4.78 is 0. The zero-order valence-electron chi connectivity index (χ0n) is 13.4. The van der Waals surface area contributed by atoms with Crippen molar-refractivity contribution in [1.82, 2.24) is 15.3 Å². The molecule has 0 bridgehead atoms. The summed E-state index contributed by atoms with van der Waals surface area (Å²) in [5.74, 6) is -0.175. The maximum absolute atomic E-state index is 12.2. The molecule has 5 nitrogen and oxygen atoms in total. The lowest BCUT2D eigenvalue weighted by Crippen LogP contribution is -2.19. The minimum Gasteiger partial charge on any atom is -0.300 e. The first-order chi connectivity index (χ1) is 12.2. The standard InChI is InChI=1S/C19H14N4OS/c1-12-5-4-6-13(9-12)22-19-23-18(24)17(25-19)10-14-11-20-15-7-2-3-8-16(15)21-14/h2-11H,1H3,(H,22,23,24)/b17-10+. The molecule has 122 valence electrons. The molecule has 0 radical (unpaired) electrons. The second kappa shape index (κ2) is 6.49. The van der Waals surface area contributed by atoms with E-state index in [0.29, 0.717) is 15.8 Å². The van der Waals surface area contributed by atoms with E-state index in [2.05, 4.69) is 20.3 Å². The van der Waals surface area contributed by atoms with Crippen molar-refractivity contribution in [3.8, 4) is 0 Å². The zero-order valence-corrected chi connectivity index (χ0v) is 14.2. The fourth-order valence-electron chi connectivity index (χ4n) is 2.47. The Bertz CT molecular complexity index is 1040. The van der Waals surface area contributed by atoms with Crippen LogP contribution in [0.25, 0.3) is 17.1 Å². The van der Waals surface area contributed by atoms with Crippen LogP contribution in [0.15, 0.2) is 64.6 Å². The van der Waals surface area contributed by atoms with Crippen molar-refractivity contribution in [1.29, 1.82) is 0 Å². The van der Waals surface area contributed by atoms with E-state index in [1.165, 1.54) is 11.8 Å². The number of thioether (sulfide) groups is 1. The fourth-order valence-corrected chi connectivity index (χ4v) is 3.30. The Morgan fingerprint density at radius 2 is 1.96 bits per heavy atom. The third kappa shape index (κ3) is 3.44. The number of hydrogen-bond acceptors (Lipinski definition) is 5. The SMILES string of the molecule is Cc1cccc(N=C2NC(=O)/C(=C\c3cnc4ccccc4n3)S2)c1. The van der Waals surface area contributed by atoms with E-state index in [-0.39, 0.29) is 5.91 Å². The van der Waals surface area contributed by atoms with Crippen molar-refractivity contribution in [3.05, 3.63) is 70.9 Å². The third-order valence-electron chi connectivity index (χ3n) is 3.63. The Morgan fingerprint density at radius 1 is 1.12 bits per heavy atom. The lowest BCUT2D eigenvalue weighted by atomic mass is 10.2. The highest BCUT2D eigenvalue weighted by molar-refractivity contribution is 8.18. The van der Waals surface area contributed by atoms with Gasteiger partial charge in [-0.2, -0.15) is 0 Å². The van der Waals surface area contributed by atoms with Crippen LogP contribution in [0.4, 0.5) is 5.69 Å². The number of hydrogen-bond donors (Lipinski definition) is 1. The zero-order chi connectivity index (χ0) is 17.2. The van der Waals surface area contributed by atoms with Crippen LogP contribution >= 0.6 is 11.8 Å². The lowest BCUT2D eigenvalue weighted by molar-refractivity contribution is -0.115. The van der Waals surface area contributed by atoms with Gasteiger partial charge in [-0.15, -0.1) is 0 Å². The van der Waals surface area contributed by atoms with E-state index in [1.807, 2.05) is 55.5 Å². The number of nitrogens with one attached hydrogen (secondary N) is 1. The van der Waals surface area contributed by atoms with Gasteiger partial charge in [0, 0.05) is 0 Å². The summed E-state index contributed by atoms with van der Waals surface area (Å²) in [4.78, 5) is 26.1. The molecule has 3 aromatic rings. The molecule has 2 aromatic carbocycles. The lowest BCUT2D eigenvalue weighted by Gasteiger charge is -1.98. The van der Waals surface area contributed by atoms with Crippen molar-refractivity contribution in [2.24, 2.45) is 4.99 Å². The van der Waals surface area contributed by atoms with Gasteiger partial charge < -0.3 is 5.32 Å². The minimum absolute atomic E-state index is 0.175. The average Bonchev–Trinajstić information content (AvgIpc) is 2.94. The number of para-hydroxylation sites is 2. The topological polar surface area (TPSA) is 67.2 Å². The van der Waals surface area contributed by atoms with Crippen molar-refractivity contribution in [3.63, 3.8) is 0 Å². The Balaban J connectivity index is 1.62. The van der Waals surface area contributed by atoms with Crippen LogP contribution in [-0.4, -0.2) is 21.0 Å². The molecular formula is C19H14N4OS. The molecule has 1 aliphatic heterocycles. The van der Waals surface area contributed by atoms with Crippen LogP contribution in [-0.2, 0) is 4.79 Å². The molecule has 1 saturated heterocycles. The summed E-state index contributed by atoms with van der Waals surface area (Å²) in [5, 5.41) is 3.35. The number of rotatable bonds is 2. The second-order valence-electron chi connectivity index (χ2n) is 5.60. The summed E-state index contributed by atoms with van der Waals surface area (Å²) in [6.07, 6.45) is 3.40. The Labute approximate surface area is 148 Å². The Hall–Kier alpha value is -2.99. The van der Waals surface area contributed by atoms with E-state index < -0.39 is 0 Å². The molecule has 0 saturated carbocycles. The minimum atomic E-state index is -0.175. The fraction of sp³-hybridized carbons (Fsp3) is 0.0526. The van der Waals surface area contributed by atoms with Crippen LogP contribution in [0.1, 0.15) is 11.3 Å². The number of fused-ring (bicyclic) bond motifs is 1. The molecule has 1 fully saturated rings. The molecule has 0 spiro atoms. The van der Waals surface area contributed by atoms with Crippen LogP contribution in [0.5, 0.6) is 0 Å². The van der Waals surface area contributed by atoms with Gasteiger partial charge in [-0.3, -0.25) is 9.78 Å². The maximum atomic E-state index is 12.2. The molecule has 1 amide bonds. The van der Waals surface area contributed by atoms with Crippen molar-refractivity contribution >= 4 is 45.6 Å². The number of carbonyl (C=O) groups is 1.